The van der Waals surface area contributed by atoms with Crippen molar-refractivity contribution in [1.82, 2.24) is 9.97 Å². The number of Topliss-reactive ketones (excluding diaryl/α,β-unsaturated/α-hetero) is 2. The van der Waals surface area contributed by atoms with Crippen LogP contribution in [0.25, 0.3) is 11.1 Å². The minimum absolute atomic E-state index is 0.00658. The van der Waals surface area contributed by atoms with E-state index in [4.69, 9.17) is 34.7 Å². The van der Waals surface area contributed by atoms with Gasteiger partial charge in [-0.1, -0.05) is 45.9 Å². The summed E-state index contributed by atoms with van der Waals surface area (Å²) in [6.07, 6.45) is 2.76. The Morgan fingerprint density at radius 2 is 1.18 bits per heavy atom. The third-order valence-corrected chi connectivity index (χ3v) is 5.24. The van der Waals surface area contributed by atoms with Crippen LogP contribution in [0, 0.1) is 0 Å². The van der Waals surface area contributed by atoms with E-state index in [0.717, 1.165) is 22.7 Å². The van der Waals surface area contributed by atoms with Crippen LogP contribution in [0.1, 0.15) is 9.75 Å². The lowest BCUT2D eigenvalue weighted by molar-refractivity contribution is -0.113. The van der Waals surface area contributed by atoms with E-state index in [1.807, 2.05) is 0 Å². The van der Waals surface area contributed by atoms with Gasteiger partial charge in [0.1, 0.15) is 10.1 Å². The molecule has 112 valence electrons. The first-order chi connectivity index (χ1) is 10.4. The molecule has 6 nitrogen and oxygen atoms in total. The summed E-state index contributed by atoms with van der Waals surface area (Å²) in [5, 5.41) is 0.0710. The molecule has 2 aromatic rings. The minimum atomic E-state index is -0.558. The number of rotatable bonds is 2. The fourth-order valence-electron chi connectivity index (χ4n) is 1.89. The Kier molecular flexibility index (Phi) is 3.77. The van der Waals surface area contributed by atoms with E-state index >= 15 is 0 Å². The maximum absolute atomic E-state index is 12.5. The fraction of sp³-hybridized carbons (Fsp3) is 0. The van der Waals surface area contributed by atoms with E-state index in [2.05, 4.69) is 9.97 Å². The zero-order valence-corrected chi connectivity index (χ0v) is 13.7. The number of nitrogen functional groups attached to an aromatic ring is 2. The SMILES string of the molecule is Nc1ncc(C2=C(Cl)C(=O)C(c3cnc(N)s3)=C(Cl)C2=O)s1. The van der Waals surface area contributed by atoms with Gasteiger partial charge in [-0.2, -0.15) is 0 Å². The molecule has 0 atom stereocenters. The van der Waals surface area contributed by atoms with Crippen molar-refractivity contribution < 1.29 is 9.59 Å². The third kappa shape index (κ3) is 2.34. The zero-order chi connectivity index (χ0) is 16.0. The molecule has 2 heterocycles. The average molecular weight is 373 g/mol. The molecule has 10 heteroatoms. The van der Waals surface area contributed by atoms with Crippen molar-refractivity contribution in [2.45, 2.75) is 0 Å². The van der Waals surface area contributed by atoms with E-state index in [0.29, 0.717) is 9.75 Å². The van der Waals surface area contributed by atoms with Crippen LogP contribution in [0.3, 0.4) is 0 Å². The highest BCUT2D eigenvalue weighted by molar-refractivity contribution is 7.17. The lowest BCUT2D eigenvalue weighted by Gasteiger charge is -2.15. The monoisotopic (exact) mass is 372 g/mol. The van der Waals surface area contributed by atoms with Gasteiger partial charge in [0.15, 0.2) is 10.3 Å². The third-order valence-electron chi connectivity index (χ3n) is 2.83. The Morgan fingerprint density at radius 3 is 1.45 bits per heavy atom. The summed E-state index contributed by atoms with van der Waals surface area (Å²) in [5.41, 5.74) is 11.1. The smallest absolute Gasteiger partial charge is 0.208 e. The summed E-state index contributed by atoms with van der Waals surface area (Å²) in [7, 11) is 0. The number of hydrogen-bond acceptors (Lipinski definition) is 8. The van der Waals surface area contributed by atoms with Crippen molar-refractivity contribution in [3.63, 3.8) is 0 Å². The Balaban J connectivity index is 2.15. The van der Waals surface area contributed by atoms with Crippen LogP contribution in [-0.4, -0.2) is 21.5 Å². The molecule has 1 aliphatic carbocycles. The van der Waals surface area contributed by atoms with Gasteiger partial charge in [0.2, 0.25) is 11.6 Å². The molecule has 0 radical (unpaired) electrons. The number of anilines is 2. The van der Waals surface area contributed by atoms with Crippen LogP contribution in [0.15, 0.2) is 22.5 Å². The number of hydrogen-bond donors (Lipinski definition) is 2. The van der Waals surface area contributed by atoms with Crippen LogP contribution in [0.4, 0.5) is 10.3 Å². The number of thiazole rings is 2. The Labute approximate surface area is 142 Å². The van der Waals surface area contributed by atoms with Crippen LogP contribution in [0.2, 0.25) is 0 Å². The molecule has 1 aliphatic rings. The number of halogens is 2. The first-order valence-corrected chi connectivity index (χ1v) is 8.11. The highest BCUT2D eigenvalue weighted by Gasteiger charge is 2.36. The summed E-state index contributed by atoms with van der Waals surface area (Å²) in [4.78, 5) is 33.5. The van der Waals surface area contributed by atoms with E-state index in [-0.39, 0.29) is 31.5 Å². The van der Waals surface area contributed by atoms with Crippen LogP contribution in [-0.2, 0) is 9.59 Å². The lowest BCUT2D eigenvalue weighted by atomic mass is 9.95. The first-order valence-electron chi connectivity index (χ1n) is 5.72. The largest absolute Gasteiger partial charge is 0.375 e. The van der Waals surface area contributed by atoms with E-state index < -0.39 is 11.6 Å². The maximum Gasteiger partial charge on any atom is 0.208 e. The van der Waals surface area contributed by atoms with Gasteiger partial charge in [-0.15, -0.1) is 0 Å². The molecule has 3 rings (SSSR count). The number of nitrogens with two attached hydrogens (primary N) is 2. The standard InChI is InChI=1S/C12H6Cl2N4O2S2/c13-7-5(3-1-17-11(15)21-3)9(19)8(14)6(10(7)20)4-2-18-12(16)22-4/h1-2H,(H2,15,17)(H2,16,18). The van der Waals surface area contributed by atoms with E-state index in [9.17, 15) is 9.59 Å². The quantitative estimate of drug-likeness (QED) is 0.783. The summed E-state index contributed by atoms with van der Waals surface area (Å²) in [5.74, 6) is -1.12. The molecular formula is C12H6Cl2N4O2S2. The highest BCUT2D eigenvalue weighted by atomic mass is 35.5. The molecule has 0 aromatic carbocycles. The second kappa shape index (κ2) is 5.47. The van der Waals surface area contributed by atoms with Crippen molar-refractivity contribution in [1.29, 1.82) is 0 Å². The number of nitrogens with zero attached hydrogens (tertiary/aromatic N) is 2. The predicted molar refractivity (Wildman–Crippen MR) is 88.6 cm³/mol. The number of allylic oxidation sites excluding steroid dienone is 4. The van der Waals surface area contributed by atoms with Crippen molar-refractivity contribution in [2.24, 2.45) is 0 Å². The second-order valence-corrected chi connectivity index (χ2v) is 7.04. The van der Waals surface area contributed by atoms with Crippen LogP contribution >= 0.6 is 45.9 Å². The molecule has 0 unspecified atom stereocenters. The van der Waals surface area contributed by atoms with Gasteiger partial charge in [-0.3, -0.25) is 9.59 Å². The topological polar surface area (TPSA) is 112 Å². The molecule has 0 aliphatic heterocycles. The molecule has 4 N–H and O–H groups in total. The lowest BCUT2D eigenvalue weighted by Crippen LogP contribution is -2.17. The van der Waals surface area contributed by atoms with E-state index in [1.54, 1.807) is 0 Å². The van der Waals surface area contributed by atoms with Gasteiger partial charge in [-0.25, -0.2) is 9.97 Å². The maximum atomic E-state index is 12.5. The molecule has 0 amide bonds. The van der Waals surface area contributed by atoms with Gasteiger partial charge < -0.3 is 11.5 Å². The number of ketones is 2. The molecule has 0 saturated carbocycles. The van der Waals surface area contributed by atoms with Gasteiger partial charge >= 0.3 is 0 Å². The molecule has 0 spiro atoms. The summed E-state index contributed by atoms with van der Waals surface area (Å²) in [6, 6.07) is 0. The molecule has 0 saturated heterocycles. The summed E-state index contributed by atoms with van der Waals surface area (Å²) >= 11 is 14.3. The second-order valence-electron chi connectivity index (χ2n) is 4.16. The molecule has 0 fully saturated rings. The van der Waals surface area contributed by atoms with E-state index in [1.165, 1.54) is 12.4 Å². The van der Waals surface area contributed by atoms with Gasteiger partial charge in [0, 0.05) is 12.4 Å². The Morgan fingerprint density at radius 1 is 0.818 bits per heavy atom. The molecule has 0 bridgehead atoms. The summed E-state index contributed by atoms with van der Waals surface area (Å²) in [6.45, 7) is 0. The van der Waals surface area contributed by atoms with Gasteiger partial charge in [0.05, 0.1) is 20.9 Å². The highest BCUT2D eigenvalue weighted by Crippen LogP contribution is 2.41. The Hall–Kier alpha value is -1.74. The molecular weight excluding hydrogens is 367 g/mol. The number of aromatic nitrogens is 2. The minimum Gasteiger partial charge on any atom is -0.375 e. The first kappa shape index (κ1) is 15.2. The number of carbonyl (C=O) groups excluding carboxylic acids is 2. The average Bonchev–Trinajstić information content (AvgIpc) is 3.07. The Bertz CT molecular complexity index is 809. The zero-order valence-electron chi connectivity index (χ0n) is 10.6. The van der Waals surface area contributed by atoms with Gasteiger partial charge in [0.25, 0.3) is 0 Å². The van der Waals surface area contributed by atoms with Crippen molar-refractivity contribution >= 4 is 78.9 Å². The predicted octanol–water partition coefficient (Wildman–Crippen LogP) is 2.52. The van der Waals surface area contributed by atoms with Gasteiger partial charge in [-0.05, 0) is 0 Å². The van der Waals surface area contributed by atoms with Crippen molar-refractivity contribution in [2.75, 3.05) is 11.5 Å². The molecule has 22 heavy (non-hydrogen) atoms. The van der Waals surface area contributed by atoms with Crippen LogP contribution in [0.5, 0.6) is 0 Å². The number of carbonyl (C=O) groups is 2. The molecule has 2 aromatic heterocycles. The summed E-state index contributed by atoms with van der Waals surface area (Å²) < 4.78 is 0. The fourth-order valence-corrected chi connectivity index (χ4v) is 4.03. The van der Waals surface area contributed by atoms with Crippen molar-refractivity contribution in [3.05, 3.63) is 32.2 Å². The van der Waals surface area contributed by atoms with Crippen molar-refractivity contribution in [3.8, 4) is 0 Å². The normalized spacial score (nSPS) is 15.9. The van der Waals surface area contributed by atoms with Crippen LogP contribution < -0.4 is 11.5 Å².